The maximum Gasteiger partial charge on any atom is 0.106 e. The van der Waals surface area contributed by atoms with E-state index >= 15 is 0 Å². The van der Waals surface area contributed by atoms with Gasteiger partial charge in [-0.2, -0.15) is 0 Å². The molecule has 0 amide bonds. The van der Waals surface area contributed by atoms with E-state index in [1.165, 1.54) is 0 Å². The van der Waals surface area contributed by atoms with Gasteiger partial charge >= 0.3 is 0 Å². The molecule has 38 valence electrons. The Morgan fingerprint density at radius 3 is 1.50 bits per heavy atom. The van der Waals surface area contributed by atoms with Crippen LogP contribution in [-0.2, 0) is 4.79 Å². The number of rotatable bonds is 0. The average molecular weight is 89.1 g/mol. The lowest BCUT2D eigenvalue weighted by Crippen LogP contribution is -2.06. The van der Waals surface area contributed by atoms with Crippen LogP contribution in [-0.4, -0.2) is 12.8 Å². The van der Waals surface area contributed by atoms with Gasteiger partial charge < -0.3 is 10.5 Å². The van der Waals surface area contributed by atoms with Crippen LogP contribution in [0.1, 0.15) is 13.8 Å². The van der Waals surface area contributed by atoms with Crippen molar-refractivity contribution in [3.05, 3.63) is 0 Å². The Hall–Kier alpha value is -0.370. The van der Waals surface area contributed by atoms with Crippen LogP contribution in [0.25, 0.3) is 0 Å². The minimum Gasteiger partial charge on any atom is -0.328 e. The van der Waals surface area contributed by atoms with Crippen molar-refractivity contribution in [2.45, 2.75) is 19.9 Å². The molecule has 0 aliphatic rings. The molecule has 0 bridgehead atoms. The van der Waals surface area contributed by atoms with Gasteiger partial charge in [0.1, 0.15) is 6.79 Å². The molecule has 0 aliphatic carbocycles. The van der Waals surface area contributed by atoms with E-state index in [0.29, 0.717) is 6.04 Å². The second kappa shape index (κ2) is 8.82. The van der Waals surface area contributed by atoms with Crippen LogP contribution in [0.15, 0.2) is 0 Å². The first-order valence-corrected chi connectivity index (χ1v) is 1.78. The van der Waals surface area contributed by atoms with Gasteiger partial charge in [0.2, 0.25) is 0 Å². The highest BCUT2D eigenvalue weighted by atomic mass is 16.1. The molecule has 0 aromatic rings. The van der Waals surface area contributed by atoms with Crippen LogP contribution >= 0.6 is 0 Å². The topological polar surface area (TPSA) is 43.1 Å². The van der Waals surface area contributed by atoms with E-state index < -0.39 is 0 Å². The van der Waals surface area contributed by atoms with Gasteiger partial charge in [-0.25, -0.2) is 0 Å². The van der Waals surface area contributed by atoms with Gasteiger partial charge in [-0.15, -0.1) is 0 Å². The van der Waals surface area contributed by atoms with Gasteiger partial charge in [-0.1, -0.05) is 13.8 Å². The van der Waals surface area contributed by atoms with Crippen molar-refractivity contribution in [1.29, 1.82) is 0 Å². The highest BCUT2D eigenvalue weighted by Gasteiger charge is 1.67. The lowest BCUT2D eigenvalue weighted by atomic mass is 10.5. The molecule has 2 nitrogen and oxygen atoms in total. The number of hydrogen-bond donors (Lipinski definition) is 1. The van der Waals surface area contributed by atoms with Crippen molar-refractivity contribution < 1.29 is 4.79 Å². The molecule has 2 heteroatoms. The van der Waals surface area contributed by atoms with E-state index in [9.17, 15) is 0 Å². The molecule has 0 saturated heterocycles. The Balaban J connectivity index is 0. The van der Waals surface area contributed by atoms with Crippen LogP contribution in [0.5, 0.6) is 0 Å². The second-order valence-corrected chi connectivity index (χ2v) is 1.24. The Morgan fingerprint density at radius 2 is 1.50 bits per heavy atom. The highest BCUT2D eigenvalue weighted by Crippen LogP contribution is 1.58. The highest BCUT2D eigenvalue weighted by molar-refractivity contribution is 5.10. The van der Waals surface area contributed by atoms with Crippen LogP contribution < -0.4 is 5.73 Å². The number of nitrogens with two attached hydrogens (primary N) is 1. The summed E-state index contributed by atoms with van der Waals surface area (Å²) in [5.41, 5.74) is 5.11. The fourth-order valence-corrected chi connectivity index (χ4v) is 0. The summed E-state index contributed by atoms with van der Waals surface area (Å²) in [4.78, 5) is 8.00. The van der Waals surface area contributed by atoms with E-state index in [-0.39, 0.29) is 0 Å². The van der Waals surface area contributed by atoms with Crippen LogP contribution in [0, 0.1) is 0 Å². The minimum absolute atomic E-state index is 0.333. The molecule has 0 saturated carbocycles. The van der Waals surface area contributed by atoms with Gasteiger partial charge in [0.15, 0.2) is 0 Å². The van der Waals surface area contributed by atoms with Gasteiger partial charge in [-0.05, 0) is 6.04 Å². The predicted octanol–water partition coefficient (Wildman–Crippen LogP) is 0.169. The molecule has 0 atom stereocenters. The summed E-state index contributed by atoms with van der Waals surface area (Å²) in [5, 5.41) is 0. The third-order valence-corrected chi connectivity index (χ3v) is 0. The minimum atomic E-state index is 0.333. The fourth-order valence-electron chi connectivity index (χ4n) is 0. The summed E-state index contributed by atoms with van der Waals surface area (Å²) in [6.07, 6.45) is 0. The maximum absolute atomic E-state index is 8.00. The molecule has 0 spiro atoms. The average Bonchev–Trinajstić information content (AvgIpc) is 1.41. The van der Waals surface area contributed by atoms with Crippen LogP contribution in [0.2, 0.25) is 0 Å². The summed E-state index contributed by atoms with van der Waals surface area (Å²) in [5.74, 6) is 0. The molecule has 0 rings (SSSR count). The van der Waals surface area contributed by atoms with Crippen molar-refractivity contribution in [2.75, 3.05) is 0 Å². The Morgan fingerprint density at radius 1 is 1.50 bits per heavy atom. The van der Waals surface area contributed by atoms with Crippen molar-refractivity contribution in [2.24, 2.45) is 5.73 Å². The zero-order valence-corrected chi connectivity index (χ0v) is 4.27. The molecule has 0 unspecified atom stereocenters. The van der Waals surface area contributed by atoms with Crippen LogP contribution in [0.4, 0.5) is 0 Å². The molecule has 2 N–H and O–H groups in total. The predicted molar refractivity (Wildman–Crippen MR) is 26.4 cm³/mol. The zero-order chi connectivity index (χ0) is 5.58. The second-order valence-electron chi connectivity index (χ2n) is 1.24. The Bertz CT molecular complexity index is 18.8. The molecule has 0 radical (unpaired) electrons. The van der Waals surface area contributed by atoms with E-state index in [4.69, 9.17) is 10.5 Å². The Labute approximate surface area is 38.3 Å². The summed E-state index contributed by atoms with van der Waals surface area (Å²) in [6, 6.07) is 0.333. The SMILES string of the molecule is C=O.CC(C)N. The first kappa shape index (κ1) is 9.16. The lowest BCUT2D eigenvalue weighted by Gasteiger charge is -1.81. The smallest absolute Gasteiger partial charge is 0.106 e. The van der Waals surface area contributed by atoms with Crippen LogP contribution in [0.3, 0.4) is 0 Å². The number of carbonyl (C=O) groups excluding carboxylic acids is 1. The lowest BCUT2D eigenvalue weighted by molar-refractivity contribution is -0.0979. The molecule has 6 heavy (non-hydrogen) atoms. The molecule has 0 heterocycles. The van der Waals surface area contributed by atoms with Gasteiger partial charge in [-0.3, -0.25) is 0 Å². The molecular weight excluding hydrogens is 78.0 g/mol. The van der Waals surface area contributed by atoms with Crippen molar-refractivity contribution in [1.82, 2.24) is 0 Å². The standard InChI is InChI=1S/C3H9N.CH2O/c1-3(2)4;1-2/h3H,4H2,1-2H3;1H2. The first-order chi connectivity index (χ1) is 2.73. The first-order valence-electron chi connectivity index (χ1n) is 1.78. The van der Waals surface area contributed by atoms with Crippen molar-refractivity contribution >= 4 is 6.79 Å². The van der Waals surface area contributed by atoms with E-state index in [1.54, 1.807) is 0 Å². The molecule has 0 aromatic heterocycles. The maximum atomic E-state index is 8.00. The summed E-state index contributed by atoms with van der Waals surface area (Å²) < 4.78 is 0. The van der Waals surface area contributed by atoms with E-state index in [1.807, 2.05) is 20.6 Å². The Kier molecular flexibility index (Phi) is 13.5. The monoisotopic (exact) mass is 89.1 g/mol. The van der Waals surface area contributed by atoms with E-state index in [2.05, 4.69) is 0 Å². The van der Waals surface area contributed by atoms with Gasteiger partial charge in [0, 0.05) is 0 Å². The van der Waals surface area contributed by atoms with Gasteiger partial charge in [0.05, 0.1) is 0 Å². The molecular formula is C4H11NO. The van der Waals surface area contributed by atoms with E-state index in [0.717, 1.165) is 0 Å². The summed E-state index contributed by atoms with van der Waals surface area (Å²) >= 11 is 0. The number of hydrogen-bond acceptors (Lipinski definition) is 2. The molecule has 0 aromatic carbocycles. The summed E-state index contributed by atoms with van der Waals surface area (Å²) in [6.45, 7) is 5.89. The third kappa shape index (κ3) is 183. The zero-order valence-electron chi connectivity index (χ0n) is 4.27. The quantitative estimate of drug-likeness (QED) is 0.459. The normalized spacial score (nSPS) is 6.67. The largest absolute Gasteiger partial charge is 0.328 e. The molecule has 0 fully saturated rings. The van der Waals surface area contributed by atoms with Gasteiger partial charge in [0.25, 0.3) is 0 Å². The summed E-state index contributed by atoms with van der Waals surface area (Å²) in [7, 11) is 0. The number of carbonyl (C=O) groups is 1. The third-order valence-electron chi connectivity index (χ3n) is 0. The van der Waals surface area contributed by atoms with Crippen molar-refractivity contribution in [3.8, 4) is 0 Å². The van der Waals surface area contributed by atoms with Crippen molar-refractivity contribution in [3.63, 3.8) is 0 Å². The fraction of sp³-hybridized carbons (Fsp3) is 0.750. The molecule has 0 aliphatic heterocycles.